The van der Waals surface area contributed by atoms with E-state index in [0.29, 0.717) is 11.3 Å². The molecule has 0 unspecified atom stereocenters. The van der Waals surface area contributed by atoms with Crippen molar-refractivity contribution in [3.63, 3.8) is 0 Å². The van der Waals surface area contributed by atoms with Crippen LogP contribution in [0.4, 0.5) is 0 Å². The lowest BCUT2D eigenvalue weighted by atomic mass is 10.1. The van der Waals surface area contributed by atoms with E-state index in [9.17, 15) is 10.1 Å². The third-order valence-corrected chi connectivity index (χ3v) is 4.22. The van der Waals surface area contributed by atoms with Gasteiger partial charge in [-0.05, 0) is 29.7 Å². The van der Waals surface area contributed by atoms with E-state index >= 15 is 0 Å². The van der Waals surface area contributed by atoms with E-state index in [4.69, 9.17) is 0 Å². The number of benzene rings is 1. The van der Waals surface area contributed by atoms with E-state index in [2.05, 4.69) is 9.84 Å². The van der Waals surface area contributed by atoms with Crippen LogP contribution in [0.2, 0.25) is 0 Å². The molecule has 0 bridgehead atoms. The van der Waals surface area contributed by atoms with Crippen molar-refractivity contribution in [1.29, 1.82) is 5.26 Å². The Bertz CT molecular complexity index is 919. The fraction of sp³-hybridized carbons (Fsp3) is 0.0556. The Labute approximate surface area is 143 Å². The summed E-state index contributed by atoms with van der Waals surface area (Å²) >= 11 is 1.54. The summed E-state index contributed by atoms with van der Waals surface area (Å²) in [5.74, 6) is -0.665. The Morgan fingerprint density at radius 2 is 2.08 bits per heavy atom. The maximum atomic E-state index is 11.7. The summed E-state index contributed by atoms with van der Waals surface area (Å²) in [6.45, 7) is 0. The monoisotopic (exact) mass is 335 g/mol. The Hall–Kier alpha value is -3.17. The van der Waals surface area contributed by atoms with Gasteiger partial charge in [0.15, 0.2) is 0 Å². The molecule has 2 heterocycles. The van der Waals surface area contributed by atoms with Gasteiger partial charge >= 0.3 is 5.97 Å². The highest BCUT2D eigenvalue weighted by molar-refractivity contribution is 7.13. The Morgan fingerprint density at radius 3 is 2.71 bits per heavy atom. The van der Waals surface area contributed by atoms with Crippen LogP contribution in [0.25, 0.3) is 22.3 Å². The van der Waals surface area contributed by atoms with E-state index in [1.807, 2.05) is 53.9 Å². The van der Waals surface area contributed by atoms with Crippen LogP contribution in [-0.4, -0.2) is 22.9 Å². The molecule has 0 fully saturated rings. The van der Waals surface area contributed by atoms with Crippen LogP contribution in [0.5, 0.6) is 0 Å². The Balaban J connectivity index is 2.14. The summed E-state index contributed by atoms with van der Waals surface area (Å²) in [4.78, 5) is 12.6. The molecule has 0 saturated carbocycles. The predicted octanol–water partition coefficient (Wildman–Crippen LogP) is 3.68. The zero-order chi connectivity index (χ0) is 16.9. The first-order chi connectivity index (χ1) is 11.7. The van der Waals surface area contributed by atoms with Crippen LogP contribution in [0.15, 0.2) is 59.6 Å². The molecule has 5 nitrogen and oxygen atoms in total. The minimum absolute atomic E-state index is 0.0667. The van der Waals surface area contributed by atoms with E-state index in [0.717, 1.165) is 10.6 Å². The molecule has 2 aromatic heterocycles. The van der Waals surface area contributed by atoms with Gasteiger partial charge in [-0.3, -0.25) is 0 Å². The number of hydrogen-bond acceptors (Lipinski definition) is 5. The molecule has 6 heteroatoms. The number of thiophene rings is 1. The fourth-order valence-electron chi connectivity index (χ4n) is 2.21. The van der Waals surface area contributed by atoms with Crippen molar-refractivity contribution >= 4 is 23.4 Å². The minimum Gasteiger partial charge on any atom is -0.465 e. The first-order valence-electron chi connectivity index (χ1n) is 7.12. The zero-order valence-corrected chi connectivity index (χ0v) is 13.7. The topological polar surface area (TPSA) is 67.9 Å². The molecule has 0 aliphatic rings. The van der Waals surface area contributed by atoms with Crippen molar-refractivity contribution in [2.45, 2.75) is 0 Å². The number of aromatic nitrogens is 2. The van der Waals surface area contributed by atoms with Gasteiger partial charge in [-0.15, -0.1) is 11.3 Å². The quantitative estimate of drug-likeness (QED) is 0.414. The first kappa shape index (κ1) is 15.7. The van der Waals surface area contributed by atoms with Gasteiger partial charge in [0, 0.05) is 11.8 Å². The van der Waals surface area contributed by atoms with Gasteiger partial charge in [-0.1, -0.05) is 24.3 Å². The molecular formula is C18H13N3O2S. The number of carbonyl (C=O) groups excluding carboxylic acids is 1. The van der Waals surface area contributed by atoms with E-state index in [1.54, 1.807) is 22.2 Å². The SMILES string of the molecule is COC(=O)C(C#N)=Cc1cn(-c2ccccc2)nc1-c1cccs1. The van der Waals surface area contributed by atoms with Crippen molar-refractivity contribution in [3.8, 4) is 22.3 Å². The number of nitrogens with zero attached hydrogens (tertiary/aromatic N) is 3. The highest BCUT2D eigenvalue weighted by Crippen LogP contribution is 2.29. The van der Waals surface area contributed by atoms with Gasteiger partial charge in [-0.25, -0.2) is 9.48 Å². The standard InChI is InChI=1S/C18H13N3O2S/c1-23-18(22)13(11-19)10-14-12-21(15-6-3-2-4-7-15)20-17(14)16-8-5-9-24-16/h2-10,12H,1H3. The van der Waals surface area contributed by atoms with Crippen LogP contribution in [0.3, 0.4) is 0 Å². The van der Waals surface area contributed by atoms with Crippen molar-refractivity contribution in [2.24, 2.45) is 0 Å². The highest BCUT2D eigenvalue weighted by Gasteiger charge is 2.15. The fourth-order valence-corrected chi connectivity index (χ4v) is 2.94. The second-order valence-corrected chi connectivity index (χ2v) is 5.80. The lowest BCUT2D eigenvalue weighted by Crippen LogP contribution is -2.02. The number of methoxy groups -OCH3 is 1. The number of ether oxygens (including phenoxy) is 1. The van der Waals surface area contributed by atoms with Crippen LogP contribution >= 0.6 is 11.3 Å². The van der Waals surface area contributed by atoms with E-state index < -0.39 is 5.97 Å². The molecule has 0 spiro atoms. The van der Waals surface area contributed by atoms with Gasteiger partial charge in [0.2, 0.25) is 0 Å². The maximum Gasteiger partial charge on any atom is 0.348 e. The molecular weight excluding hydrogens is 322 g/mol. The summed E-state index contributed by atoms with van der Waals surface area (Å²) < 4.78 is 6.37. The second kappa shape index (κ2) is 6.94. The van der Waals surface area contributed by atoms with Crippen LogP contribution in [-0.2, 0) is 9.53 Å². The average molecular weight is 335 g/mol. The van der Waals surface area contributed by atoms with Gasteiger partial charge in [0.1, 0.15) is 17.3 Å². The van der Waals surface area contributed by atoms with Crippen molar-refractivity contribution in [3.05, 3.63) is 65.2 Å². The summed E-state index contributed by atoms with van der Waals surface area (Å²) in [6.07, 6.45) is 3.30. The summed E-state index contributed by atoms with van der Waals surface area (Å²) in [5.41, 5.74) is 2.23. The van der Waals surface area contributed by atoms with Crippen LogP contribution < -0.4 is 0 Å². The molecule has 24 heavy (non-hydrogen) atoms. The summed E-state index contributed by atoms with van der Waals surface area (Å²) in [6, 6.07) is 15.4. The molecule has 0 atom stereocenters. The van der Waals surface area contributed by atoms with Gasteiger partial charge < -0.3 is 4.74 Å². The lowest BCUT2D eigenvalue weighted by Gasteiger charge is -1.99. The number of rotatable bonds is 4. The molecule has 0 N–H and O–H groups in total. The molecule has 3 rings (SSSR count). The third-order valence-electron chi connectivity index (χ3n) is 3.34. The van der Waals surface area contributed by atoms with Gasteiger partial charge in [0.05, 0.1) is 17.7 Å². The molecule has 0 aliphatic carbocycles. The summed E-state index contributed by atoms with van der Waals surface area (Å²) in [7, 11) is 1.25. The Morgan fingerprint density at radius 1 is 1.29 bits per heavy atom. The second-order valence-electron chi connectivity index (χ2n) is 4.85. The molecule has 0 amide bonds. The molecule has 3 aromatic rings. The van der Waals surface area contributed by atoms with Crippen molar-refractivity contribution in [2.75, 3.05) is 7.11 Å². The molecule has 118 valence electrons. The van der Waals surface area contributed by atoms with Gasteiger partial charge in [0.25, 0.3) is 0 Å². The minimum atomic E-state index is -0.665. The van der Waals surface area contributed by atoms with Crippen molar-refractivity contribution < 1.29 is 9.53 Å². The first-order valence-corrected chi connectivity index (χ1v) is 8.00. The van der Waals surface area contributed by atoms with Crippen LogP contribution in [0.1, 0.15) is 5.56 Å². The largest absolute Gasteiger partial charge is 0.465 e. The Kier molecular flexibility index (Phi) is 4.54. The van der Waals surface area contributed by atoms with Crippen LogP contribution in [0, 0.1) is 11.3 Å². The lowest BCUT2D eigenvalue weighted by molar-refractivity contribution is -0.135. The number of carbonyl (C=O) groups is 1. The van der Waals surface area contributed by atoms with E-state index in [-0.39, 0.29) is 5.57 Å². The van der Waals surface area contributed by atoms with Crippen molar-refractivity contribution in [1.82, 2.24) is 9.78 Å². The normalized spacial score (nSPS) is 11.1. The smallest absolute Gasteiger partial charge is 0.348 e. The summed E-state index contributed by atoms with van der Waals surface area (Å²) in [5, 5.41) is 15.8. The predicted molar refractivity (Wildman–Crippen MR) is 92.5 cm³/mol. The number of hydrogen-bond donors (Lipinski definition) is 0. The molecule has 0 aliphatic heterocycles. The average Bonchev–Trinajstić information content (AvgIpc) is 3.29. The number of nitriles is 1. The maximum absolute atomic E-state index is 11.7. The molecule has 0 saturated heterocycles. The molecule has 0 radical (unpaired) electrons. The number of esters is 1. The van der Waals surface area contributed by atoms with Gasteiger partial charge in [-0.2, -0.15) is 10.4 Å². The van der Waals surface area contributed by atoms with E-state index in [1.165, 1.54) is 13.2 Å². The third kappa shape index (κ3) is 3.12. The molecule has 1 aromatic carbocycles. The zero-order valence-electron chi connectivity index (χ0n) is 12.8. The number of para-hydroxylation sites is 1. The highest BCUT2D eigenvalue weighted by atomic mass is 32.1.